The van der Waals surface area contributed by atoms with E-state index in [0.29, 0.717) is 6.42 Å². The molecule has 0 aromatic carbocycles. The summed E-state index contributed by atoms with van der Waals surface area (Å²) >= 11 is 11.0. The third kappa shape index (κ3) is 4.35. The Bertz CT molecular complexity index is 342. The third-order valence-electron chi connectivity index (χ3n) is 2.17. The number of carbonyl (C=O) groups excluding carboxylic acids is 1. The van der Waals surface area contributed by atoms with Gasteiger partial charge in [0.1, 0.15) is 6.10 Å². The van der Waals surface area contributed by atoms with E-state index in [9.17, 15) is 13.2 Å². The molecule has 0 unspecified atom stereocenters. The van der Waals surface area contributed by atoms with Gasteiger partial charge in [-0.3, -0.25) is 0 Å². The summed E-state index contributed by atoms with van der Waals surface area (Å²) in [5.41, 5.74) is 0. The molecule has 1 aliphatic heterocycles. The molecular formula is C8H13Cl2NO4S. The molecule has 1 atom stereocenters. The molecule has 1 amide bonds. The Morgan fingerprint density at radius 1 is 1.44 bits per heavy atom. The number of alkyl halides is 2. The predicted octanol–water partition coefficient (Wildman–Crippen LogP) is 0.746. The van der Waals surface area contributed by atoms with Gasteiger partial charge in [-0.1, -0.05) is 0 Å². The first-order valence-corrected chi connectivity index (χ1v) is 7.65. The van der Waals surface area contributed by atoms with Crippen LogP contribution in [-0.2, 0) is 14.6 Å². The van der Waals surface area contributed by atoms with Crippen LogP contribution in [0, 0.1) is 0 Å². The molecule has 0 bridgehead atoms. The quantitative estimate of drug-likeness (QED) is 0.775. The highest BCUT2D eigenvalue weighted by Crippen LogP contribution is 2.11. The molecule has 1 saturated heterocycles. The monoisotopic (exact) mass is 289 g/mol. The molecule has 5 nitrogen and oxygen atoms in total. The number of carbonyl (C=O) groups is 1. The van der Waals surface area contributed by atoms with Crippen LogP contribution in [0.4, 0.5) is 4.79 Å². The molecule has 1 aliphatic rings. The van der Waals surface area contributed by atoms with Crippen molar-refractivity contribution in [2.24, 2.45) is 0 Å². The zero-order valence-corrected chi connectivity index (χ0v) is 10.8. The highest BCUT2D eigenvalue weighted by molar-refractivity contribution is 7.91. The predicted molar refractivity (Wildman–Crippen MR) is 61.9 cm³/mol. The van der Waals surface area contributed by atoms with Crippen molar-refractivity contribution in [3.63, 3.8) is 0 Å². The standard InChI is InChI=1S/C8H13Cl2NO4S/c9-3-7(4-10)15-8(12)11-6-1-2-16(13,14)5-6/h6-7H,1-5H2,(H,11,12)/t6-/m0/s1. The molecule has 94 valence electrons. The minimum absolute atomic E-state index is 0.0332. The maximum atomic E-state index is 11.3. The van der Waals surface area contributed by atoms with Crippen molar-refractivity contribution in [2.75, 3.05) is 23.3 Å². The summed E-state index contributed by atoms with van der Waals surface area (Å²) in [5.74, 6) is 0.292. The summed E-state index contributed by atoms with van der Waals surface area (Å²) in [6.07, 6.45) is -0.807. The number of hydrogen-bond donors (Lipinski definition) is 1. The molecular weight excluding hydrogens is 277 g/mol. The van der Waals surface area contributed by atoms with Crippen molar-refractivity contribution in [1.82, 2.24) is 5.32 Å². The first-order chi connectivity index (χ1) is 7.46. The molecule has 0 saturated carbocycles. The Kier molecular flexibility index (Phi) is 5.14. The summed E-state index contributed by atoms with van der Waals surface area (Å²) < 4.78 is 27.1. The molecule has 1 N–H and O–H groups in total. The second-order valence-corrected chi connectivity index (χ2v) is 6.43. The van der Waals surface area contributed by atoms with Gasteiger partial charge in [0.2, 0.25) is 0 Å². The molecule has 0 aliphatic carbocycles. The van der Waals surface area contributed by atoms with Crippen molar-refractivity contribution >= 4 is 39.1 Å². The lowest BCUT2D eigenvalue weighted by Gasteiger charge is -2.15. The third-order valence-corrected chi connectivity index (χ3v) is 4.63. The van der Waals surface area contributed by atoms with E-state index in [1.165, 1.54) is 0 Å². The van der Waals surface area contributed by atoms with E-state index in [2.05, 4.69) is 5.32 Å². The van der Waals surface area contributed by atoms with Crippen LogP contribution in [0.3, 0.4) is 0 Å². The van der Waals surface area contributed by atoms with Crippen LogP contribution in [0.1, 0.15) is 6.42 Å². The van der Waals surface area contributed by atoms with Gasteiger partial charge in [0.25, 0.3) is 0 Å². The van der Waals surface area contributed by atoms with Crippen molar-refractivity contribution in [3.8, 4) is 0 Å². The minimum atomic E-state index is -3.00. The Hall–Kier alpha value is -0.200. The number of nitrogens with one attached hydrogen (secondary N) is 1. The van der Waals surface area contributed by atoms with Crippen molar-refractivity contribution in [1.29, 1.82) is 0 Å². The van der Waals surface area contributed by atoms with Gasteiger partial charge >= 0.3 is 6.09 Å². The lowest BCUT2D eigenvalue weighted by Crippen LogP contribution is -2.38. The van der Waals surface area contributed by atoms with Gasteiger partial charge in [0, 0.05) is 6.04 Å². The number of amides is 1. The van der Waals surface area contributed by atoms with E-state index in [1.807, 2.05) is 0 Å². The van der Waals surface area contributed by atoms with Gasteiger partial charge in [-0.2, -0.15) is 0 Å². The number of alkyl carbamates (subject to hydrolysis) is 1. The van der Waals surface area contributed by atoms with Gasteiger partial charge < -0.3 is 10.1 Å². The molecule has 0 spiro atoms. The Morgan fingerprint density at radius 2 is 2.06 bits per heavy atom. The fraction of sp³-hybridized carbons (Fsp3) is 0.875. The first-order valence-electron chi connectivity index (χ1n) is 4.76. The minimum Gasteiger partial charge on any atom is -0.444 e. The topological polar surface area (TPSA) is 72.5 Å². The van der Waals surface area contributed by atoms with Crippen LogP contribution in [0.5, 0.6) is 0 Å². The van der Waals surface area contributed by atoms with Crippen LogP contribution < -0.4 is 5.32 Å². The summed E-state index contributed by atoms with van der Waals surface area (Å²) in [6.45, 7) is 0. The second-order valence-electron chi connectivity index (χ2n) is 3.58. The van der Waals surface area contributed by atoms with E-state index in [4.69, 9.17) is 27.9 Å². The van der Waals surface area contributed by atoms with Crippen molar-refractivity contribution in [2.45, 2.75) is 18.6 Å². The van der Waals surface area contributed by atoms with Crippen LogP contribution in [-0.4, -0.2) is 49.9 Å². The lowest BCUT2D eigenvalue weighted by atomic mass is 10.3. The molecule has 0 aromatic rings. The number of halogens is 2. The number of sulfone groups is 1. The van der Waals surface area contributed by atoms with Gasteiger partial charge in [-0.05, 0) is 6.42 Å². The Labute approximate surface area is 104 Å². The average Bonchev–Trinajstić information content (AvgIpc) is 2.54. The van der Waals surface area contributed by atoms with E-state index in [-0.39, 0.29) is 29.3 Å². The highest BCUT2D eigenvalue weighted by Gasteiger charge is 2.29. The van der Waals surface area contributed by atoms with Crippen LogP contribution in [0.2, 0.25) is 0 Å². The van der Waals surface area contributed by atoms with Gasteiger partial charge in [-0.15, -0.1) is 23.2 Å². The molecule has 1 fully saturated rings. The Balaban J connectivity index is 2.35. The zero-order valence-electron chi connectivity index (χ0n) is 8.49. The average molecular weight is 290 g/mol. The van der Waals surface area contributed by atoms with E-state index >= 15 is 0 Å². The highest BCUT2D eigenvalue weighted by atomic mass is 35.5. The molecule has 1 heterocycles. The van der Waals surface area contributed by atoms with Gasteiger partial charge in [-0.25, -0.2) is 13.2 Å². The van der Waals surface area contributed by atoms with Gasteiger partial charge in [0.05, 0.1) is 23.3 Å². The maximum Gasteiger partial charge on any atom is 0.407 e. The maximum absolute atomic E-state index is 11.3. The number of ether oxygens (including phenoxy) is 1. The number of hydrogen-bond acceptors (Lipinski definition) is 4. The normalized spacial score (nSPS) is 23.3. The van der Waals surface area contributed by atoms with Crippen molar-refractivity contribution in [3.05, 3.63) is 0 Å². The lowest BCUT2D eigenvalue weighted by molar-refractivity contribution is 0.116. The zero-order chi connectivity index (χ0) is 12.2. The summed E-state index contributed by atoms with van der Waals surface area (Å²) in [6, 6.07) is -0.371. The van der Waals surface area contributed by atoms with Crippen molar-refractivity contribution < 1.29 is 17.9 Å². The molecule has 1 rings (SSSR count). The largest absolute Gasteiger partial charge is 0.444 e. The summed E-state index contributed by atoms with van der Waals surface area (Å²) in [5, 5.41) is 2.48. The van der Waals surface area contributed by atoms with E-state index in [1.54, 1.807) is 0 Å². The molecule has 0 radical (unpaired) electrons. The molecule has 8 heteroatoms. The van der Waals surface area contributed by atoms with E-state index < -0.39 is 22.0 Å². The molecule has 16 heavy (non-hydrogen) atoms. The summed E-state index contributed by atoms with van der Waals surface area (Å²) in [4.78, 5) is 11.3. The fourth-order valence-corrected chi connectivity index (χ4v) is 3.49. The SMILES string of the molecule is O=C(N[C@H]1CCS(=O)(=O)C1)OC(CCl)CCl. The smallest absolute Gasteiger partial charge is 0.407 e. The van der Waals surface area contributed by atoms with Crippen LogP contribution in [0.15, 0.2) is 0 Å². The fourth-order valence-electron chi connectivity index (χ4n) is 1.37. The second kappa shape index (κ2) is 5.93. The van der Waals surface area contributed by atoms with Crippen LogP contribution >= 0.6 is 23.2 Å². The first kappa shape index (κ1) is 13.9. The van der Waals surface area contributed by atoms with E-state index in [0.717, 1.165) is 0 Å². The Morgan fingerprint density at radius 3 is 2.50 bits per heavy atom. The summed E-state index contributed by atoms with van der Waals surface area (Å²) in [7, 11) is -3.00. The molecule has 0 aromatic heterocycles. The number of rotatable bonds is 4. The van der Waals surface area contributed by atoms with Crippen LogP contribution in [0.25, 0.3) is 0 Å². The van der Waals surface area contributed by atoms with Gasteiger partial charge in [0.15, 0.2) is 9.84 Å².